The minimum Gasteiger partial charge on any atom is -0.371 e. The molecule has 1 aromatic carbocycles. The summed E-state index contributed by atoms with van der Waals surface area (Å²) in [6.07, 6.45) is 1.77. The van der Waals surface area contributed by atoms with Gasteiger partial charge in [0, 0.05) is 18.8 Å². The lowest BCUT2D eigenvalue weighted by Gasteiger charge is -2.20. The number of pyridine rings is 1. The number of carbonyl (C=O) groups excluding carboxylic acids is 1. The quantitative estimate of drug-likeness (QED) is 0.843. The number of carbonyl (C=O) groups is 1. The molecule has 0 saturated heterocycles. The summed E-state index contributed by atoms with van der Waals surface area (Å²) in [6.45, 7) is 12.3. The zero-order chi connectivity index (χ0) is 17.7. The van der Waals surface area contributed by atoms with E-state index in [4.69, 9.17) is 0 Å². The van der Waals surface area contributed by atoms with Gasteiger partial charge in [-0.3, -0.25) is 4.79 Å². The highest BCUT2D eigenvalue weighted by atomic mass is 16.1. The molecule has 24 heavy (non-hydrogen) atoms. The molecule has 0 aliphatic rings. The molecule has 0 aliphatic heterocycles. The summed E-state index contributed by atoms with van der Waals surface area (Å²) < 4.78 is 0. The van der Waals surface area contributed by atoms with Crippen molar-refractivity contribution in [2.75, 3.05) is 23.3 Å². The van der Waals surface area contributed by atoms with E-state index in [2.05, 4.69) is 49.0 Å². The second-order valence-electron chi connectivity index (χ2n) is 6.22. The highest BCUT2D eigenvalue weighted by molar-refractivity contribution is 6.03. The Kier molecular flexibility index (Phi) is 5.96. The van der Waals surface area contributed by atoms with E-state index >= 15 is 0 Å². The maximum absolute atomic E-state index is 12.6. The largest absolute Gasteiger partial charge is 0.371 e. The molecular formula is C20H27N3O. The molecule has 0 aliphatic carbocycles. The molecule has 1 aromatic heterocycles. The summed E-state index contributed by atoms with van der Waals surface area (Å²) >= 11 is 0. The molecule has 0 saturated carbocycles. The van der Waals surface area contributed by atoms with Gasteiger partial charge in [-0.2, -0.15) is 0 Å². The standard InChI is InChI=1S/C20H27N3O/c1-6-23(7-2)16-11-12-18(21-13-16)20(24)22-19-15(5)9-8-10-17(19)14(3)4/h8-14H,6-7H2,1-5H3,(H,22,24). The Balaban J connectivity index is 2.22. The number of nitrogens with one attached hydrogen (secondary N) is 1. The molecule has 1 heterocycles. The summed E-state index contributed by atoms with van der Waals surface area (Å²) in [5.41, 5.74) is 4.57. The number of aryl methyl sites for hydroxylation is 1. The number of anilines is 2. The Hall–Kier alpha value is -2.36. The molecule has 2 rings (SSSR count). The molecule has 0 atom stereocenters. The minimum atomic E-state index is -0.169. The molecule has 0 unspecified atom stereocenters. The molecule has 2 aromatic rings. The Labute approximate surface area is 144 Å². The number of para-hydroxylation sites is 1. The zero-order valence-electron chi connectivity index (χ0n) is 15.3. The van der Waals surface area contributed by atoms with Crippen molar-refractivity contribution < 1.29 is 4.79 Å². The van der Waals surface area contributed by atoms with E-state index in [9.17, 15) is 4.79 Å². The first-order valence-electron chi connectivity index (χ1n) is 8.59. The van der Waals surface area contributed by atoms with Gasteiger partial charge in [0.1, 0.15) is 5.69 Å². The average Bonchev–Trinajstić information content (AvgIpc) is 2.58. The first-order chi connectivity index (χ1) is 11.5. The lowest BCUT2D eigenvalue weighted by Crippen LogP contribution is -2.22. The van der Waals surface area contributed by atoms with Crippen molar-refractivity contribution in [3.05, 3.63) is 53.3 Å². The first-order valence-corrected chi connectivity index (χ1v) is 8.59. The molecule has 0 fully saturated rings. The second-order valence-corrected chi connectivity index (χ2v) is 6.22. The van der Waals surface area contributed by atoms with E-state index in [1.54, 1.807) is 12.3 Å². The summed E-state index contributed by atoms with van der Waals surface area (Å²) in [5, 5.41) is 3.04. The molecule has 4 heteroatoms. The van der Waals surface area contributed by atoms with Crippen LogP contribution in [0.1, 0.15) is 55.2 Å². The van der Waals surface area contributed by atoms with Gasteiger partial charge in [0.25, 0.3) is 5.91 Å². The fourth-order valence-electron chi connectivity index (χ4n) is 2.82. The van der Waals surface area contributed by atoms with Crippen molar-refractivity contribution in [3.8, 4) is 0 Å². The Morgan fingerprint density at radius 1 is 1.17 bits per heavy atom. The smallest absolute Gasteiger partial charge is 0.274 e. The first kappa shape index (κ1) is 18.0. The number of nitrogens with zero attached hydrogens (tertiary/aromatic N) is 2. The molecule has 1 amide bonds. The number of hydrogen-bond acceptors (Lipinski definition) is 3. The molecule has 1 N–H and O–H groups in total. The minimum absolute atomic E-state index is 0.169. The molecule has 0 radical (unpaired) electrons. The molecule has 0 bridgehead atoms. The number of amides is 1. The third-order valence-electron chi connectivity index (χ3n) is 4.27. The highest BCUT2D eigenvalue weighted by Crippen LogP contribution is 2.27. The van der Waals surface area contributed by atoms with Crippen LogP contribution in [-0.2, 0) is 0 Å². The van der Waals surface area contributed by atoms with Gasteiger partial charge in [-0.1, -0.05) is 32.0 Å². The summed E-state index contributed by atoms with van der Waals surface area (Å²) in [7, 11) is 0. The Morgan fingerprint density at radius 2 is 1.88 bits per heavy atom. The van der Waals surface area contributed by atoms with Crippen LogP contribution < -0.4 is 10.2 Å². The number of rotatable bonds is 6. The number of aromatic nitrogens is 1. The van der Waals surface area contributed by atoms with Crippen LogP contribution in [-0.4, -0.2) is 24.0 Å². The predicted octanol–water partition coefficient (Wildman–Crippen LogP) is 4.61. The maximum Gasteiger partial charge on any atom is 0.274 e. The van der Waals surface area contributed by atoms with Gasteiger partial charge in [-0.25, -0.2) is 4.98 Å². The van der Waals surface area contributed by atoms with Crippen LogP contribution in [0.4, 0.5) is 11.4 Å². The van der Waals surface area contributed by atoms with Gasteiger partial charge in [0.2, 0.25) is 0 Å². The normalized spacial score (nSPS) is 10.8. The van der Waals surface area contributed by atoms with E-state index in [1.807, 2.05) is 25.1 Å². The second kappa shape index (κ2) is 7.95. The van der Waals surface area contributed by atoms with Crippen LogP contribution >= 0.6 is 0 Å². The fourth-order valence-corrected chi connectivity index (χ4v) is 2.82. The van der Waals surface area contributed by atoms with E-state index in [-0.39, 0.29) is 5.91 Å². The van der Waals surface area contributed by atoms with Gasteiger partial charge in [-0.15, -0.1) is 0 Å². The van der Waals surface area contributed by atoms with Crippen molar-refractivity contribution in [3.63, 3.8) is 0 Å². The van der Waals surface area contributed by atoms with Crippen molar-refractivity contribution in [1.29, 1.82) is 0 Å². The van der Waals surface area contributed by atoms with Gasteiger partial charge >= 0.3 is 0 Å². The van der Waals surface area contributed by atoms with Gasteiger partial charge in [-0.05, 0) is 49.9 Å². The number of benzene rings is 1. The van der Waals surface area contributed by atoms with Gasteiger partial charge in [0.15, 0.2) is 0 Å². The molecule has 0 spiro atoms. The van der Waals surface area contributed by atoms with Gasteiger partial charge in [0.05, 0.1) is 11.9 Å². The summed E-state index contributed by atoms with van der Waals surface area (Å²) in [4.78, 5) is 19.1. The fraction of sp³-hybridized carbons (Fsp3) is 0.400. The Morgan fingerprint density at radius 3 is 2.42 bits per heavy atom. The maximum atomic E-state index is 12.6. The topological polar surface area (TPSA) is 45.2 Å². The monoisotopic (exact) mass is 325 g/mol. The zero-order valence-corrected chi connectivity index (χ0v) is 15.3. The SMILES string of the molecule is CCN(CC)c1ccc(C(=O)Nc2c(C)cccc2C(C)C)nc1. The highest BCUT2D eigenvalue weighted by Gasteiger charge is 2.14. The molecule has 4 nitrogen and oxygen atoms in total. The van der Waals surface area contributed by atoms with Crippen molar-refractivity contribution in [1.82, 2.24) is 4.98 Å². The summed E-state index contributed by atoms with van der Waals surface area (Å²) in [6, 6.07) is 9.84. The third-order valence-corrected chi connectivity index (χ3v) is 4.27. The van der Waals surface area contributed by atoms with Crippen molar-refractivity contribution in [2.45, 2.75) is 40.5 Å². The van der Waals surface area contributed by atoms with Crippen LogP contribution in [0.3, 0.4) is 0 Å². The Bertz CT molecular complexity index is 689. The van der Waals surface area contributed by atoms with E-state index in [0.29, 0.717) is 11.6 Å². The van der Waals surface area contributed by atoms with Crippen LogP contribution in [0.5, 0.6) is 0 Å². The van der Waals surface area contributed by atoms with E-state index in [0.717, 1.165) is 35.6 Å². The lowest BCUT2D eigenvalue weighted by molar-refractivity contribution is 0.102. The summed E-state index contributed by atoms with van der Waals surface area (Å²) in [5.74, 6) is 0.176. The van der Waals surface area contributed by atoms with Crippen LogP contribution in [0, 0.1) is 6.92 Å². The van der Waals surface area contributed by atoms with Crippen LogP contribution in [0.25, 0.3) is 0 Å². The third kappa shape index (κ3) is 3.94. The van der Waals surface area contributed by atoms with Gasteiger partial charge < -0.3 is 10.2 Å². The van der Waals surface area contributed by atoms with E-state index in [1.165, 1.54) is 0 Å². The van der Waals surface area contributed by atoms with Crippen molar-refractivity contribution >= 4 is 17.3 Å². The molecular weight excluding hydrogens is 298 g/mol. The van der Waals surface area contributed by atoms with Crippen LogP contribution in [0.2, 0.25) is 0 Å². The van der Waals surface area contributed by atoms with Crippen LogP contribution in [0.15, 0.2) is 36.5 Å². The van der Waals surface area contributed by atoms with Crippen molar-refractivity contribution in [2.24, 2.45) is 0 Å². The van der Waals surface area contributed by atoms with E-state index < -0.39 is 0 Å². The predicted molar refractivity (Wildman–Crippen MR) is 101 cm³/mol. The average molecular weight is 325 g/mol. The number of hydrogen-bond donors (Lipinski definition) is 1. The molecule has 128 valence electrons. The lowest BCUT2D eigenvalue weighted by atomic mass is 9.98.